The van der Waals surface area contributed by atoms with E-state index < -0.39 is 11.8 Å². The molecule has 3 amide bonds. The zero-order chi connectivity index (χ0) is 25.7. The lowest BCUT2D eigenvalue weighted by atomic mass is 10.2. The fourth-order valence-corrected chi connectivity index (χ4v) is 5.01. The van der Waals surface area contributed by atoms with E-state index in [2.05, 4.69) is 10.7 Å². The van der Waals surface area contributed by atoms with Gasteiger partial charge in [-0.1, -0.05) is 42.1 Å². The molecule has 2 heterocycles. The summed E-state index contributed by atoms with van der Waals surface area (Å²) in [5.41, 5.74) is 4.88. The summed E-state index contributed by atoms with van der Waals surface area (Å²) in [6.45, 7) is 1.70. The Labute approximate surface area is 221 Å². The van der Waals surface area contributed by atoms with Gasteiger partial charge in [-0.3, -0.25) is 19.8 Å². The third-order valence-corrected chi connectivity index (χ3v) is 7.19. The minimum Gasteiger partial charge on any atom is -0.493 e. The van der Waals surface area contributed by atoms with Crippen LogP contribution < -0.4 is 20.2 Å². The zero-order valence-electron chi connectivity index (χ0n) is 19.3. The largest absolute Gasteiger partial charge is 0.493 e. The highest BCUT2D eigenvalue weighted by Gasteiger charge is 2.34. The summed E-state index contributed by atoms with van der Waals surface area (Å²) < 4.78 is 11.3. The number of hydrazine groups is 1. The molecule has 1 aromatic heterocycles. The average molecular weight is 540 g/mol. The first-order chi connectivity index (χ1) is 17.4. The summed E-state index contributed by atoms with van der Waals surface area (Å²) in [6.07, 6.45) is 1.65. The van der Waals surface area contributed by atoms with Crippen LogP contribution in [0, 0.1) is 6.92 Å². The van der Waals surface area contributed by atoms with Crippen molar-refractivity contribution in [1.29, 1.82) is 0 Å². The Morgan fingerprint density at radius 1 is 1.11 bits per heavy atom. The number of anilines is 1. The SMILES string of the molecule is COc1cc(/C=C2\SC(=S)N(NC(=O)c3cccs3)C2=O)ccc1OCC(=O)Nc1ccccc1C. The first kappa shape index (κ1) is 25.4. The van der Waals surface area contributed by atoms with E-state index in [1.165, 1.54) is 18.4 Å². The Morgan fingerprint density at radius 2 is 1.92 bits per heavy atom. The molecule has 1 aliphatic rings. The molecule has 184 valence electrons. The molecular weight excluding hydrogens is 518 g/mol. The van der Waals surface area contributed by atoms with Crippen molar-refractivity contribution >= 4 is 69.1 Å². The lowest BCUT2D eigenvalue weighted by Gasteiger charge is -2.14. The molecule has 1 aliphatic heterocycles. The molecule has 0 aliphatic carbocycles. The molecular formula is C25H21N3O5S3. The normalized spacial score (nSPS) is 14.2. The summed E-state index contributed by atoms with van der Waals surface area (Å²) in [7, 11) is 1.49. The van der Waals surface area contributed by atoms with Gasteiger partial charge in [-0.2, -0.15) is 5.01 Å². The van der Waals surface area contributed by atoms with E-state index in [1.807, 2.05) is 31.2 Å². The van der Waals surface area contributed by atoms with E-state index in [9.17, 15) is 14.4 Å². The number of carbonyl (C=O) groups excluding carboxylic acids is 3. The number of rotatable bonds is 8. The third-order valence-electron chi connectivity index (χ3n) is 5.02. The van der Waals surface area contributed by atoms with Crippen LogP contribution >= 0.6 is 35.3 Å². The van der Waals surface area contributed by atoms with Crippen LogP contribution in [0.5, 0.6) is 11.5 Å². The van der Waals surface area contributed by atoms with Gasteiger partial charge in [0.25, 0.3) is 17.7 Å². The van der Waals surface area contributed by atoms with E-state index in [0.29, 0.717) is 26.8 Å². The lowest BCUT2D eigenvalue weighted by molar-refractivity contribution is -0.123. The topological polar surface area (TPSA) is 97.0 Å². The zero-order valence-corrected chi connectivity index (χ0v) is 21.7. The Kier molecular flexibility index (Phi) is 8.04. The number of aryl methyl sites for hydroxylation is 1. The van der Waals surface area contributed by atoms with Crippen LogP contribution in [0.2, 0.25) is 0 Å². The maximum atomic E-state index is 12.8. The fourth-order valence-electron chi connectivity index (χ4n) is 3.22. The number of thioether (sulfide) groups is 1. The van der Waals surface area contributed by atoms with Gasteiger partial charge in [-0.05, 0) is 66.0 Å². The monoisotopic (exact) mass is 539 g/mol. The van der Waals surface area contributed by atoms with Crippen molar-refractivity contribution in [3.05, 3.63) is 80.9 Å². The van der Waals surface area contributed by atoms with Gasteiger partial charge in [0.05, 0.1) is 16.9 Å². The number of thiophene rings is 1. The van der Waals surface area contributed by atoms with Crippen molar-refractivity contribution in [2.75, 3.05) is 19.0 Å². The number of methoxy groups -OCH3 is 1. The van der Waals surface area contributed by atoms with E-state index in [4.69, 9.17) is 21.7 Å². The second kappa shape index (κ2) is 11.4. The van der Waals surface area contributed by atoms with Gasteiger partial charge in [0, 0.05) is 5.69 Å². The van der Waals surface area contributed by atoms with Crippen molar-refractivity contribution in [1.82, 2.24) is 10.4 Å². The molecule has 36 heavy (non-hydrogen) atoms. The van der Waals surface area contributed by atoms with Crippen molar-refractivity contribution in [2.24, 2.45) is 0 Å². The quantitative estimate of drug-likeness (QED) is 0.318. The van der Waals surface area contributed by atoms with Gasteiger partial charge in [-0.25, -0.2) is 0 Å². The first-order valence-corrected chi connectivity index (χ1v) is 12.7. The van der Waals surface area contributed by atoms with Gasteiger partial charge >= 0.3 is 0 Å². The lowest BCUT2D eigenvalue weighted by Crippen LogP contribution is -2.44. The molecule has 0 spiro atoms. The Balaban J connectivity index is 1.41. The Hall–Kier alpha value is -3.67. The van der Waals surface area contributed by atoms with Crippen LogP contribution in [0.4, 0.5) is 5.69 Å². The fraction of sp³-hybridized carbons (Fsp3) is 0.120. The van der Waals surface area contributed by atoms with Gasteiger partial charge in [0.2, 0.25) is 0 Å². The summed E-state index contributed by atoms with van der Waals surface area (Å²) in [4.78, 5) is 38.3. The number of hydrogen-bond acceptors (Lipinski definition) is 8. The molecule has 0 radical (unpaired) electrons. The van der Waals surface area contributed by atoms with Crippen molar-refractivity contribution in [3.63, 3.8) is 0 Å². The van der Waals surface area contributed by atoms with Crippen LogP contribution in [0.1, 0.15) is 20.8 Å². The predicted octanol–water partition coefficient (Wildman–Crippen LogP) is 4.63. The molecule has 2 aromatic carbocycles. The van der Waals surface area contributed by atoms with E-state index in [-0.39, 0.29) is 16.8 Å². The molecule has 4 rings (SSSR count). The van der Waals surface area contributed by atoms with Gasteiger partial charge in [0.1, 0.15) is 0 Å². The molecule has 0 saturated carbocycles. The number of carbonyl (C=O) groups is 3. The molecule has 1 saturated heterocycles. The number of nitrogens with zero attached hydrogens (tertiary/aromatic N) is 1. The molecule has 8 nitrogen and oxygen atoms in total. The minimum atomic E-state index is -0.429. The smallest absolute Gasteiger partial charge is 0.285 e. The second-order valence-corrected chi connectivity index (χ2v) is 10.1. The molecule has 0 unspecified atom stereocenters. The molecule has 3 aromatic rings. The highest BCUT2D eigenvalue weighted by Crippen LogP contribution is 2.34. The van der Waals surface area contributed by atoms with Gasteiger partial charge in [0.15, 0.2) is 22.4 Å². The van der Waals surface area contributed by atoms with E-state index in [1.54, 1.807) is 41.8 Å². The molecule has 0 atom stereocenters. The number of ether oxygens (including phenoxy) is 2. The van der Waals surface area contributed by atoms with E-state index in [0.717, 1.165) is 28.0 Å². The van der Waals surface area contributed by atoms with Crippen LogP contribution in [-0.4, -0.2) is 40.8 Å². The van der Waals surface area contributed by atoms with Crippen LogP contribution in [0.3, 0.4) is 0 Å². The summed E-state index contributed by atoms with van der Waals surface area (Å²) in [6, 6.07) is 16.0. The summed E-state index contributed by atoms with van der Waals surface area (Å²) in [5.74, 6) is -0.359. The van der Waals surface area contributed by atoms with Crippen molar-refractivity contribution in [2.45, 2.75) is 6.92 Å². The Bertz CT molecular complexity index is 1350. The first-order valence-electron chi connectivity index (χ1n) is 10.6. The van der Waals surface area contributed by atoms with Crippen LogP contribution in [0.25, 0.3) is 6.08 Å². The number of nitrogens with one attached hydrogen (secondary N) is 2. The number of para-hydroxylation sites is 1. The second-order valence-electron chi connectivity index (χ2n) is 7.50. The standard InChI is InChI=1S/C25H21N3O5S3/c1-15-6-3-4-7-17(15)26-22(29)14-33-18-10-9-16(12-19(18)32-2)13-21-24(31)28(25(34)36-21)27-23(30)20-8-5-11-35-20/h3-13H,14H2,1-2H3,(H,26,29)(H,27,30)/b21-13-. The highest BCUT2D eigenvalue weighted by molar-refractivity contribution is 8.26. The third kappa shape index (κ3) is 5.93. The number of benzene rings is 2. The molecule has 2 N–H and O–H groups in total. The highest BCUT2D eigenvalue weighted by atomic mass is 32.2. The van der Waals surface area contributed by atoms with Crippen molar-refractivity contribution < 1.29 is 23.9 Å². The molecule has 1 fully saturated rings. The van der Waals surface area contributed by atoms with Gasteiger partial charge < -0.3 is 14.8 Å². The van der Waals surface area contributed by atoms with E-state index >= 15 is 0 Å². The van der Waals surface area contributed by atoms with Gasteiger partial charge in [-0.15, -0.1) is 11.3 Å². The minimum absolute atomic E-state index is 0.202. The van der Waals surface area contributed by atoms with Crippen LogP contribution in [0.15, 0.2) is 64.9 Å². The molecule has 11 heteroatoms. The molecule has 0 bridgehead atoms. The van der Waals surface area contributed by atoms with Crippen LogP contribution in [-0.2, 0) is 9.59 Å². The summed E-state index contributed by atoms with van der Waals surface area (Å²) >= 11 is 7.62. The number of amides is 3. The maximum absolute atomic E-state index is 12.8. The van der Waals surface area contributed by atoms with Crippen molar-refractivity contribution in [3.8, 4) is 11.5 Å². The predicted molar refractivity (Wildman–Crippen MR) is 145 cm³/mol. The summed E-state index contributed by atoms with van der Waals surface area (Å²) in [5, 5.41) is 5.65. The number of hydrogen-bond donors (Lipinski definition) is 2. The maximum Gasteiger partial charge on any atom is 0.285 e. The number of thiocarbonyl (C=S) groups is 1. The average Bonchev–Trinajstić information content (AvgIpc) is 3.49. The Morgan fingerprint density at radius 3 is 2.64 bits per heavy atom.